The van der Waals surface area contributed by atoms with Crippen molar-refractivity contribution in [2.24, 2.45) is 5.92 Å². The molecular formula is C23H33NO5. The van der Waals surface area contributed by atoms with E-state index in [1.54, 1.807) is 14.2 Å². The summed E-state index contributed by atoms with van der Waals surface area (Å²) in [7, 11) is 3.17. The summed E-state index contributed by atoms with van der Waals surface area (Å²) in [6.07, 6.45) is 4.75. The lowest BCUT2D eigenvalue weighted by molar-refractivity contribution is -0.121. The number of allylic oxidation sites excluding steroid dienone is 2. The van der Waals surface area contributed by atoms with Gasteiger partial charge in [-0.15, -0.1) is 0 Å². The highest BCUT2D eigenvalue weighted by atomic mass is 16.5. The Morgan fingerprint density at radius 3 is 2.52 bits per heavy atom. The van der Waals surface area contributed by atoms with E-state index in [9.17, 15) is 9.59 Å². The van der Waals surface area contributed by atoms with E-state index in [1.165, 1.54) is 0 Å². The fourth-order valence-corrected chi connectivity index (χ4v) is 3.51. The summed E-state index contributed by atoms with van der Waals surface area (Å²) in [5.74, 6) is 1.53. The van der Waals surface area contributed by atoms with Gasteiger partial charge < -0.3 is 19.5 Å². The number of hydrogen-bond donors (Lipinski definition) is 1. The first-order valence-electron chi connectivity index (χ1n) is 10.2. The van der Waals surface area contributed by atoms with Gasteiger partial charge in [-0.1, -0.05) is 25.5 Å². The maximum Gasteiger partial charge on any atom is 0.342 e. The van der Waals surface area contributed by atoms with Crippen molar-refractivity contribution in [3.63, 3.8) is 0 Å². The molecule has 1 N–H and O–H groups in total. The van der Waals surface area contributed by atoms with Crippen LogP contribution in [0.1, 0.15) is 67.1 Å². The summed E-state index contributed by atoms with van der Waals surface area (Å²) >= 11 is 0. The molecule has 0 saturated carbocycles. The van der Waals surface area contributed by atoms with Gasteiger partial charge in [-0.2, -0.15) is 0 Å². The predicted molar refractivity (Wildman–Crippen MR) is 113 cm³/mol. The smallest absolute Gasteiger partial charge is 0.342 e. The Hall–Kier alpha value is -2.50. The van der Waals surface area contributed by atoms with Crippen LogP contribution in [0.4, 0.5) is 0 Å². The van der Waals surface area contributed by atoms with Crippen LogP contribution in [0.25, 0.3) is 0 Å². The molecule has 6 nitrogen and oxygen atoms in total. The van der Waals surface area contributed by atoms with Crippen LogP contribution in [0.5, 0.6) is 11.5 Å². The fraction of sp³-hybridized carbons (Fsp3) is 0.565. The molecule has 2 rings (SSSR count). The zero-order valence-electron chi connectivity index (χ0n) is 18.4. The van der Waals surface area contributed by atoms with Gasteiger partial charge in [-0.3, -0.25) is 4.79 Å². The van der Waals surface area contributed by atoms with Crippen molar-refractivity contribution in [2.75, 3.05) is 20.8 Å². The third-order valence-electron chi connectivity index (χ3n) is 5.28. The van der Waals surface area contributed by atoms with Gasteiger partial charge in [-0.05, 0) is 44.6 Å². The first-order valence-corrected chi connectivity index (χ1v) is 10.2. The lowest BCUT2D eigenvalue weighted by atomic mass is 9.94. The van der Waals surface area contributed by atoms with Crippen LogP contribution < -0.4 is 14.8 Å². The molecule has 0 saturated heterocycles. The van der Waals surface area contributed by atoms with Crippen LogP contribution in [0.2, 0.25) is 0 Å². The number of ether oxygens (including phenoxy) is 3. The fourth-order valence-electron chi connectivity index (χ4n) is 3.51. The number of rotatable bonds is 10. The topological polar surface area (TPSA) is 73.9 Å². The summed E-state index contributed by atoms with van der Waals surface area (Å²) < 4.78 is 16.4. The minimum absolute atomic E-state index is 0.0738. The van der Waals surface area contributed by atoms with Gasteiger partial charge >= 0.3 is 5.97 Å². The molecule has 0 aromatic heterocycles. The number of amides is 1. The number of carbonyl (C=O) groups is 2. The second-order valence-corrected chi connectivity index (χ2v) is 7.89. The molecule has 0 radical (unpaired) electrons. The van der Waals surface area contributed by atoms with E-state index < -0.39 is 0 Å². The van der Waals surface area contributed by atoms with E-state index in [-0.39, 0.29) is 18.5 Å². The van der Waals surface area contributed by atoms with Crippen LogP contribution in [0.15, 0.2) is 11.6 Å². The van der Waals surface area contributed by atoms with Crippen molar-refractivity contribution in [3.8, 4) is 11.5 Å². The Morgan fingerprint density at radius 1 is 1.21 bits per heavy atom. The lowest BCUT2D eigenvalue weighted by Gasteiger charge is -2.18. The molecule has 0 spiro atoms. The van der Waals surface area contributed by atoms with E-state index >= 15 is 0 Å². The number of hydrogen-bond acceptors (Lipinski definition) is 5. The first-order chi connectivity index (χ1) is 13.8. The van der Waals surface area contributed by atoms with Crippen LogP contribution in [0.3, 0.4) is 0 Å². The molecule has 0 fully saturated rings. The lowest BCUT2D eigenvalue weighted by Crippen LogP contribution is -2.24. The van der Waals surface area contributed by atoms with Crippen LogP contribution >= 0.6 is 0 Å². The van der Waals surface area contributed by atoms with Gasteiger partial charge in [0.2, 0.25) is 5.91 Å². The maximum atomic E-state index is 12.2. The Bertz CT molecular complexity index is 795. The number of methoxy groups -OCH3 is 2. The summed E-state index contributed by atoms with van der Waals surface area (Å²) in [6, 6.07) is 0. The highest BCUT2D eigenvalue weighted by Crippen LogP contribution is 2.42. The average Bonchev–Trinajstić information content (AvgIpc) is 3.06. The van der Waals surface area contributed by atoms with Crippen molar-refractivity contribution in [1.29, 1.82) is 0 Å². The number of cyclic esters (lactones) is 1. The Kier molecular flexibility index (Phi) is 8.11. The molecule has 0 atom stereocenters. The van der Waals surface area contributed by atoms with E-state index in [1.807, 2.05) is 13.8 Å². The number of benzene rings is 1. The normalized spacial score (nSPS) is 13.3. The molecule has 1 aromatic carbocycles. The molecule has 0 unspecified atom stereocenters. The van der Waals surface area contributed by atoms with Crippen molar-refractivity contribution in [3.05, 3.63) is 33.9 Å². The molecule has 160 valence electrons. The van der Waals surface area contributed by atoms with Crippen LogP contribution in [-0.4, -0.2) is 32.6 Å². The van der Waals surface area contributed by atoms with E-state index in [2.05, 4.69) is 25.2 Å². The molecule has 6 heteroatoms. The third kappa shape index (κ3) is 5.52. The van der Waals surface area contributed by atoms with Gasteiger partial charge in [0, 0.05) is 24.1 Å². The highest BCUT2D eigenvalue weighted by Gasteiger charge is 2.32. The number of esters is 1. The predicted octanol–water partition coefficient (Wildman–Crippen LogP) is 4.11. The maximum absolute atomic E-state index is 12.2. The Balaban J connectivity index is 2.11. The van der Waals surface area contributed by atoms with Crippen molar-refractivity contribution in [2.45, 2.75) is 60.0 Å². The van der Waals surface area contributed by atoms with Gasteiger partial charge in [0.05, 0.1) is 14.2 Å². The van der Waals surface area contributed by atoms with E-state index in [0.29, 0.717) is 36.5 Å². The van der Waals surface area contributed by atoms with Crippen molar-refractivity contribution < 1.29 is 23.8 Å². The monoisotopic (exact) mass is 403 g/mol. The summed E-state index contributed by atoms with van der Waals surface area (Å²) in [6.45, 7) is 9.19. The summed E-state index contributed by atoms with van der Waals surface area (Å²) in [4.78, 5) is 24.2. The Labute approximate surface area is 173 Å². The number of nitrogens with one attached hydrogen (secondary N) is 1. The van der Waals surface area contributed by atoms with E-state index in [4.69, 9.17) is 14.2 Å². The zero-order chi connectivity index (χ0) is 21.6. The second-order valence-electron chi connectivity index (χ2n) is 7.89. The highest BCUT2D eigenvalue weighted by molar-refractivity contribution is 5.98. The summed E-state index contributed by atoms with van der Waals surface area (Å²) in [5.41, 5.74) is 4.15. The number of fused-ring (bicyclic) bond motifs is 1. The van der Waals surface area contributed by atoms with Gasteiger partial charge in [0.1, 0.15) is 23.7 Å². The molecule has 0 aliphatic carbocycles. The molecule has 0 bridgehead atoms. The van der Waals surface area contributed by atoms with Crippen molar-refractivity contribution >= 4 is 11.9 Å². The first kappa shape index (κ1) is 22.8. The third-order valence-corrected chi connectivity index (χ3v) is 5.28. The largest absolute Gasteiger partial charge is 0.496 e. The second kappa shape index (κ2) is 10.3. The van der Waals surface area contributed by atoms with Crippen LogP contribution in [-0.2, 0) is 22.6 Å². The SMILES string of the molecule is COc1c(C)c2c(c(OC)c1C/C=C(\C)CCC(=O)NCCC(C)C)C(=O)OC2. The van der Waals surface area contributed by atoms with E-state index in [0.717, 1.165) is 41.0 Å². The minimum Gasteiger partial charge on any atom is -0.496 e. The van der Waals surface area contributed by atoms with Crippen LogP contribution in [0, 0.1) is 12.8 Å². The minimum atomic E-state index is -0.359. The summed E-state index contributed by atoms with van der Waals surface area (Å²) in [5, 5.41) is 2.96. The van der Waals surface area contributed by atoms with Crippen molar-refractivity contribution in [1.82, 2.24) is 5.32 Å². The molecule has 1 aromatic rings. The van der Waals surface area contributed by atoms with Gasteiger partial charge in [-0.25, -0.2) is 4.79 Å². The molecule has 1 amide bonds. The zero-order valence-corrected chi connectivity index (χ0v) is 18.4. The van der Waals surface area contributed by atoms with Gasteiger partial charge in [0.15, 0.2) is 0 Å². The quantitative estimate of drug-likeness (QED) is 0.470. The molecule has 1 aliphatic rings. The number of carbonyl (C=O) groups excluding carboxylic acids is 2. The van der Waals surface area contributed by atoms with Gasteiger partial charge in [0.25, 0.3) is 0 Å². The molecule has 1 heterocycles. The average molecular weight is 404 g/mol. The molecule has 1 aliphatic heterocycles. The molecule has 29 heavy (non-hydrogen) atoms. The standard InChI is InChI=1S/C23H33NO5/c1-14(2)11-12-24-19(25)10-8-15(3)7-9-17-21(27-5)16(4)18-13-29-23(26)20(18)22(17)28-6/h7,14H,8-13H2,1-6H3,(H,24,25)/b15-7+. The molecular weight excluding hydrogens is 370 g/mol. The Morgan fingerprint density at radius 2 is 1.90 bits per heavy atom.